The Hall–Kier alpha value is 0.906. The minimum Gasteiger partial charge on any atom is -1.00 e. The van der Waals surface area contributed by atoms with Crippen molar-refractivity contribution in [3.05, 3.63) is 0 Å². The molecule has 0 fully saturated rings. The van der Waals surface area contributed by atoms with E-state index in [-0.39, 0.29) is 25.9 Å². The molecule has 0 rings (SSSR count). The van der Waals surface area contributed by atoms with Crippen LogP contribution in [-0.4, -0.2) is 28.9 Å². The van der Waals surface area contributed by atoms with Crippen LogP contribution in [0.5, 0.6) is 0 Å². The van der Waals surface area contributed by atoms with Crippen molar-refractivity contribution in [3.8, 4) is 11.3 Å². The number of unbranched alkanes of at least 4 members (excludes halogenated alkanes) is 4. The molecule has 0 aromatic rings. The summed E-state index contributed by atoms with van der Waals surface area (Å²) in [5, 5.41) is 2.35. The average Bonchev–Trinajstić information content (AvgIpc) is 1.97. The van der Waals surface area contributed by atoms with Gasteiger partial charge in [-0.25, -0.2) is 0 Å². The van der Waals surface area contributed by atoms with Crippen molar-refractivity contribution >= 4 is 46.3 Å². The largest absolute Gasteiger partial charge is 2.00 e. The summed E-state index contributed by atoms with van der Waals surface area (Å²) in [5.74, 6) is 3.59. The molecule has 0 saturated heterocycles. The van der Waals surface area contributed by atoms with Crippen LogP contribution < -0.4 is 0 Å². The first-order chi connectivity index (χ1) is 4.91. The summed E-state index contributed by atoms with van der Waals surface area (Å²) >= 11 is 10.7. The Labute approximate surface area is 98.1 Å². The fourth-order valence-electron chi connectivity index (χ4n) is 0.709. The summed E-state index contributed by atoms with van der Waals surface area (Å²) in [4.78, 5) is 0. The van der Waals surface area contributed by atoms with E-state index in [0.29, 0.717) is 0 Å². The molecule has 0 amide bonds. The summed E-state index contributed by atoms with van der Waals surface area (Å²) in [7, 11) is 0. The second-order valence-electron chi connectivity index (χ2n) is 2.12. The Kier molecular flexibility index (Phi) is 17.7. The van der Waals surface area contributed by atoms with E-state index in [1.54, 1.807) is 0 Å². The summed E-state index contributed by atoms with van der Waals surface area (Å²) in [5.41, 5.74) is 0. The van der Waals surface area contributed by atoms with Crippen LogP contribution in [0.4, 0.5) is 0 Å². The third kappa shape index (κ3) is 13.8. The van der Waals surface area contributed by atoms with Gasteiger partial charge in [0.05, 0.1) is 0 Å². The number of rotatable bonds is 5. The molecule has 3 heteroatoms. The molecule has 0 aromatic heterocycles. The van der Waals surface area contributed by atoms with Gasteiger partial charge in [0.25, 0.3) is 0 Å². The predicted octanol–water partition coefficient (Wildman–Crippen LogP) is 3.22. The van der Waals surface area contributed by atoms with Crippen LogP contribution in [0.1, 0.15) is 35.0 Å². The normalized spacial score (nSPS) is 7.82. The maximum absolute atomic E-state index is 5.49. The number of halogens is 2. The van der Waals surface area contributed by atoms with Gasteiger partial charge < -0.3 is 2.85 Å². The van der Waals surface area contributed by atoms with Crippen molar-refractivity contribution in [1.29, 1.82) is 0 Å². The SMILES string of the molecule is ClC#CCCCCCCCl.[H-].[H-].[Mg+2]. The van der Waals surface area contributed by atoms with Crippen LogP contribution in [0.2, 0.25) is 0 Å². The molecule has 0 aliphatic carbocycles. The quantitative estimate of drug-likeness (QED) is 0.280. The standard InChI is InChI=1S/C8H12Cl2.Mg.2H/c9-7-5-3-1-2-4-6-8-10;;;/h1-5,7H2;;;/q;+2;2*-1. The Morgan fingerprint density at radius 1 is 1.09 bits per heavy atom. The van der Waals surface area contributed by atoms with Crippen molar-refractivity contribution < 1.29 is 2.85 Å². The first-order valence-corrected chi connectivity index (χ1v) is 4.47. The number of hydrogen-bond acceptors (Lipinski definition) is 0. The molecule has 0 aromatic carbocycles. The molecule has 0 heterocycles. The van der Waals surface area contributed by atoms with E-state index in [4.69, 9.17) is 23.2 Å². The van der Waals surface area contributed by atoms with Crippen molar-refractivity contribution in [3.63, 3.8) is 0 Å². The van der Waals surface area contributed by atoms with E-state index in [1.807, 2.05) is 0 Å². The molecular formula is C8H14Cl2Mg. The molecule has 62 valence electrons. The van der Waals surface area contributed by atoms with Gasteiger partial charge in [-0.05, 0) is 24.4 Å². The molecule has 0 aliphatic heterocycles. The van der Waals surface area contributed by atoms with Gasteiger partial charge in [-0.15, -0.1) is 11.6 Å². The number of hydrogen-bond donors (Lipinski definition) is 0. The van der Waals surface area contributed by atoms with E-state index >= 15 is 0 Å². The Balaban J connectivity index is -0.000000135. The van der Waals surface area contributed by atoms with Gasteiger partial charge in [0.15, 0.2) is 0 Å². The van der Waals surface area contributed by atoms with E-state index < -0.39 is 0 Å². The zero-order valence-corrected chi connectivity index (χ0v) is 9.63. The van der Waals surface area contributed by atoms with E-state index in [2.05, 4.69) is 11.3 Å². The summed E-state index contributed by atoms with van der Waals surface area (Å²) in [6.07, 6.45) is 5.63. The first-order valence-electron chi connectivity index (χ1n) is 3.56. The Bertz CT molecular complexity index is 123. The molecule has 0 N–H and O–H groups in total. The van der Waals surface area contributed by atoms with Gasteiger partial charge in [0.2, 0.25) is 0 Å². The van der Waals surface area contributed by atoms with Gasteiger partial charge in [-0.1, -0.05) is 18.8 Å². The van der Waals surface area contributed by atoms with Crippen molar-refractivity contribution in [2.75, 3.05) is 5.88 Å². The van der Waals surface area contributed by atoms with Crippen molar-refractivity contribution in [2.45, 2.75) is 32.1 Å². The third-order valence-electron chi connectivity index (χ3n) is 1.25. The Morgan fingerprint density at radius 2 is 1.73 bits per heavy atom. The minimum absolute atomic E-state index is 0. The average molecular weight is 205 g/mol. The van der Waals surface area contributed by atoms with E-state index in [1.165, 1.54) is 12.8 Å². The fourth-order valence-corrected chi connectivity index (χ4v) is 0.992. The molecule has 0 radical (unpaired) electrons. The molecule has 0 bridgehead atoms. The molecule has 0 atom stereocenters. The predicted molar refractivity (Wildman–Crippen MR) is 55.4 cm³/mol. The summed E-state index contributed by atoms with van der Waals surface area (Å²) in [6.45, 7) is 0. The van der Waals surface area contributed by atoms with Crippen LogP contribution in [0.15, 0.2) is 0 Å². The second kappa shape index (κ2) is 13.5. The van der Waals surface area contributed by atoms with Gasteiger partial charge in [0, 0.05) is 17.7 Å². The number of alkyl halides is 1. The zero-order valence-electron chi connectivity index (χ0n) is 8.71. The summed E-state index contributed by atoms with van der Waals surface area (Å²) < 4.78 is 0. The van der Waals surface area contributed by atoms with Crippen molar-refractivity contribution in [2.24, 2.45) is 0 Å². The molecule has 11 heavy (non-hydrogen) atoms. The summed E-state index contributed by atoms with van der Waals surface area (Å²) in [6, 6.07) is 0. The van der Waals surface area contributed by atoms with Crippen LogP contribution in [-0.2, 0) is 0 Å². The van der Waals surface area contributed by atoms with Crippen LogP contribution in [0.3, 0.4) is 0 Å². The first kappa shape index (κ1) is 14.4. The second-order valence-corrected chi connectivity index (χ2v) is 2.69. The Morgan fingerprint density at radius 3 is 2.27 bits per heavy atom. The van der Waals surface area contributed by atoms with E-state index in [9.17, 15) is 0 Å². The van der Waals surface area contributed by atoms with Crippen LogP contribution in [0, 0.1) is 11.3 Å². The van der Waals surface area contributed by atoms with Gasteiger partial charge in [-0.2, -0.15) is 0 Å². The maximum Gasteiger partial charge on any atom is 2.00 e. The minimum atomic E-state index is 0. The van der Waals surface area contributed by atoms with Crippen molar-refractivity contribution in [1.82, 2.24) is 0 Å². The van der Waals surface area contributed by atoms with Crippen LogP contribution >= 0.6 is 23.2 Å². The topological polar surface area (TPSA) is 0 Å². The van der Waals surface area contributed by atoms with Crippen LogP contribution in [0.25, 0.3) is 0 Å². The zero-order chi connectivity index (χ0) is 7.66. The van der Waals surface area contributed by atoms with Gasteiger partial charge in [-0.3, -0.25) is 0 Å². The molecule has 0 nitrogen and oxygen atoms in total. The smallest absolute Gasteiger partial charge is 1.00 e. The molecule has 0 unspecified atom stereocenters. The van der Waals surface area contributed by atoms with Gasteiger partial charge >= 0.3 is 23.1 Å². The third-order valence-corrected chi connectivity index (χ3v) is 1.65. The molecule has 0 spiro atoms. The van der Waals surface area contributed by atoms with Gasteiger partial charge in [0.1, 0.15) is 0 Å². The fraction of sp³-hybridized carbons (Fsp3) is 0.750. The maximum atomic E-state index is 5.49. The van der Waals surface area contributed by atoms with E-state index in [0.717, 1.165) is 25.1 Å². The monoisotopic (exact) mass is 204 g/mol. The molecule has 0 saturated carbocycles. The molecule has 0 aliphatic rings. The molecular weight excluding hydrogens is 191 g/mol.